The largest absolute Gasteiger partial charge is 0.406 e. The maximum absolute atomic E-state index is 13.4. The van der Waals surface area contributed by atoms with Crippen molar-refractivity contribution in [3.8, 4) is 0 Å². The minimum absolute atomic E-state index is 0.115. The highest BCUT2D eigenvalue weighted by Crippen LogP contribution is 2.32. The van der Waals surface area contributed by atoms with Crippen LogP contribution in [-0.4, -0.2) is 85.0 Å². The molecule has 13 heteroatoms. The lowest BCUT2D eigenvalue weighted by atomic mass is 10.1. The van der Waals surface area contributed by atoms with Gasteiger partial charge in [0.05, 0.1) is 18.5 Å². The average molecular weight is 448 g/mol. The first-order chi connectivity index (χ1) is 14.1. The third-order valence-corrected chi connectivity index (χ3v) is 7.15. The summed E-state index contributed by atoms with van der Waals surface area (Å²) in [7, 11) is -3.19. The van der Waals surface area contributed by atoms with Gasteiger partial charge >= 0.3 is 6.18 Å². The summed E-state index contributed by atoms with van der Waals surface area (Å²) < 4.78 is 70.1. The Bertz CT molecular complexity index is 1010. The van der Waals surface area contributed by atoms with Gasteiger partial charge in [-0.25, -0.2) is 23.4 Å². The lowest BCUT2D eigenvalue weighted by Crippen LogP contribution is -2.40. The molecule has 30 heavy (non-hydrogen) atoms. The standard InChI is InChI=1S/C17H23F3N6O3S/c1-30(27,28)12-2-4-25(5-3-12)16-23-13-14(24-6-8-29-9-7-24)21-11-22-15(13)26(16)10-17(18,19)20/h11-12H,2-10H2,1H3. The number of piperidine rings is 1. The van der Waals surface area contributed by atoms with Crippen LogP contribution in [0.3, 0.4) is 0 Å². The number of ether oxygens (including phenoxy) is 1. The quantitative estimate of drug-likeness (QED) is 0.690. The Kier molecular flexibility index (Phi) is 5.51. The number of halogens is 3. The number of alkyl halides is 3. The van der Waals surface area contributed by atoms with Gasteiger partial charge < -0.3 is 14.5 Å². The number of nitrogens with zero attached hydrogens (tertiary/aromatic N) is 6. The van der Waals surface area contributed by atoms with E-state index in [1.807, 2.05) is 4.90 Å². The van der Waals surface area contributed by atoms with Crippen LogP contribution in [0.1, 0.15) is 12.8 Å². The first kappa shape index (κ1) is 21.1. The maximum Gasteiger partial charge on any atom is 0.406 e. The number of hydrogen-bond donors (Lipinski definition) is 0. The fourth-order valence-electron chi connectivity index (χ4n) is 3.97. The summed E-state index contributed by atoms with van der Waals surface area (Å²) in [5.41, 5.74) is 0.424. The van der Waals surface area contributed by atoms with Gasteiger partial charge in [-0.05, 0) is 12.8 Å². The molecule has 0 radical (unpaired) electrons. The Labute approximate surface area is 171 Å². The van der Waals surface area contributed by atoms with Crippen molar-refractivity contribution in [3.05, 3.63) is 6.33 Å². The highest BCUT2D eigenvalue weighted by Gasteiger charge is 2.35. The van der Waals surface area contributed by atoms with E-state index >= 15 is 0 Å². The highest BCUT2D eigenvalue weighted by molar-refractivity contribution is 7.91. The summed E-state index contributed by atoms with van der Waals surface area (Å²) in [4.78, 5) is 16.5. The molecule has 2 saturated heterocycles. The fraction of sp³-hybridized carbons (Fsp3) is 0.706. The number of anilines is 2. The molecule has 0 amide bonds. The molecule has 2 aliphatic rings. The Morgan fingerprint density at radius 1 is 1.10 bits per heavy atom. The van der Waals surface area contributed by atoms with Crippen LogP contribution in [-0.2, 0) is 21.1 Å². The molecule has 0 aliphatic carbocycles. The van der Waals surface area contributed by atoms with Gasteiger partial charge in [-0.2, -0.15) is 13.2 Å². The number of sulfone groups is 1. The molecule has 0 unspecified atom stereocenters. The number of hydrogen-bond acceptors (Lipinski definition) is 8. The zero-order valence-electron chi connectivity index (χ0n) is 16.5. The van der Waals surface area contributed by atoms with Crippen molar-refractivity contribution in [3.63, 3.8) is 0 Å². The summed E-state index contributed by atoms with van der Waals surface area (Å²) in [6, 6.07) is 0. The Balaban J connectivity index is 1.73. The minimum Gasteiger partial charge on any atom is -0.378 e. The van der Waals surface area contributed by atoms with Crippen LogP contribution < -0.4 is 9.80 Å². The van der Waals surface area contributed by atoms with Crippen molar-refractivity contribution in [2.45, 2.75) is 30.8 Å². The molecule has 0 N–H and O–H groups in total. The summed E-state index contributed by atoms with van der Waals surface area (Å²) in [5.74, 6) is 0.626. The monoisotopic (exact) mass is 448 g/mol. The molecule has 2 aromatic heterocycles. The molecule has 2 aliphatic heterocycles. The molecular formula is C17H23F3N6O3S. The van der Waals surface area contributed by atoms with Gasteiger partial charge in [0.1, 0.15) is 22.7 Å². The average Bonchev–Trinajstić information content (AvgIpc) is 3.05. The number of imidazole rings is 1. The number of morpholine rings is 1. The summed E-state index contributed by atoms with van der Waals surface area (Å²) in [5, 5.41) is -0.488. The van der Waals surface area contributed by atoms with Gasteiger partial charge in [0.15, 0.2) is 17.0 Å². The van der Waals surface area contributed by atoms with E-state index in [1.165, 1.54) is 12.6 Å². The van der Waals surface area contributed by atoms with Crippen LogP contribution in [0.2, 0.25) is 0 Å². The van der Waals surface area contributed by atoms with Crippen LogP contribution in [0.15, 0.2) is 6.33 Å². The molecule has 0 spiro atoms. The topological polar surface area (TPSA) is 93.5 Å². The molecule has 0 saturated carbocycles. The van der Waals surface area contributed by atoms with Crippen LogP contribution in [0, 0.1) is 0 Å². The van der Waals surface area contributed by atoms with Crippen LogP contribution in [0.4, 0.5) is 24.9 Å². The molecule has 4 rings (SSSR count). The second kappa shape index (κ2) is 7.84. The Morgan fingerprint density at radius 2 is 1.77 bits per heavy atom. The van der Waals surface area contributed by atoms with E-state index in [0.717, 1.165) is 4.57 Å². The Morgan fingerprint density at radius 3 is 2.37 bits per heavy atom. The van der Waals surface area contributed by atoms with E-state index < -0.39 is 27.8 Å². The second-order valence-electron chi connectivity index (χ2n) is 7.60. The summed E-state index contributed by atoms with van der Waals surface area (Å²) >= 11 is 0. The zero-order valence-corrected chi connectivity index (χ0v) is 17.3. The van der Waals surface area contributed by atoms with Gasteiger partial charge in [0, 0.05) is 32.4 Å². The van der Waals surface area contributed by atoms with E-state index in [2.05, 4.69) is 15.0 Å². The van der Waals surface area contributed by atoms with Gasteiger partial charge in [-0.3, -0.25) is 4.57 Å². The van der Waals surface area contributed by atoms with Crippen LogP contribution in [0.25, 0.3) is 11.2 Å². The normalized spacial score (nSPS) is 19.6. The minimum atomic E-state index is -4.46. The lowest BCUT2D eigenvalue weighted by Gasteiger charge is -2.32. The van der Waals surface area contributed by atoms with Crippen molar-refractivity contribution in [2.24, 2.45) is 0 Å². The zero-order chi connectivity index (χ0) is 21.5. The van der Waals surface area contributed by atoms with Crippen LogP contribution >= 0.6 is 0 Å². The number of aromatic nitrogens is 4. The third kappa shape index (κ3) is 4.31. The van der Waals surface area contributed by atoms with Crippen LogP contribution in [0.5, 0.6) is 0 Å². The van der Waals surface area contributed by atoms with Crippen molar-refractivity contribution < 1.29 is 26.3 Å². The predicted molar refractivity (Wildman–Crippen MR) is 104 cm³/mol. The number of fused-ring (bicyclic) bond motifs is 1. The maximum atomic E-state index is 13.4. The molecule has 2 fully saturated rings. The van der Waals surface area contributed by atoms with Crippen molar-refractivity contribution in [2.75, 3.05) is 55.4 Å². The van der Waals surface area contributed by atoms with Gasteiger partial charge in [0.2, 0.25) is 5.95 Å². The smallest absolute Gasteiger partial charge is 0.378 e. The van der Waals surface area contributed by atoms with Crippen molar-refractivity contribution >= 4 is 32.8 Å². The molecule has 0 bridgehead atoms. The van der Waals surface area contributed by atoms with Gasteiger partial charge in [-0.15, -0.1) is 0 Å². The molecular weight excluding hydrogens is 425 g/mol. The van der Waals surface area contributed by atoms with Gasteiger partial charge in [0.25, 0.3) is 0 Å². The highest BCUT2D eigenvalue weighted by atomic mass is 32.2. The summed E-state index contributed by atoms with van der Waals surface area (Å²) in [6.07, 6.45) is -1.33. The summed E-state index contributed by atoms with van der Waals surface area (Å²) in [6.45, 7) is 1.50. The predicted octanol–water partition coefficient (Wildman–Crippen LogP) is 1.24. The first-order valence-corrected chi connectivity index (χ1v) is 11.6. The Hall–Kier alpha value is -2.15. The van der Waals surface area contributed by atoms with Crippen molar-refractivity contribution in [1.29, 1.82) is 0 Å². The van der Waals surface area contributed by atoms with E-state index in [-0.39, 0.29) is 11.6 Å². The molecule has 4 heterocycles. The fourth-order valence-corrected chi connectivity index (χ4v) is 5.04. The van der Waals surface area contributed by atoms with Crippen molar-refractivity contribution in [1.82, 2.24) is 19.5 Å². The molecule has 2 aromatic rings. The molecule has 0 atom stereocenters. The SMILES string of the molecule is CS(=O)(=O)C1CCN(c2nc3c(N4CCOCC4)ncnc3n2CC(F)(F)F)CC1. The molecule has 9 nitrogen and oxygen atoms in total. The first-order valence-electron chi connectivity index (χ1n) is 9.68. The second-order valence-corrected chi connectivity index (χ2v) is 9.92. The molecule has 166 valence electrons. The van der Waals surface area contributed by atoms with E-state index in [4.69, 9.17) is 4.74 Å². The molecule has 0 aromatic carbocycles. The lowest BCUT2D eigenvalue weighted by molar-refractivity contribution is -0.139. The van der Waals surface area contributed by atoms with E-state index in [1.54, 1.807) is 4.90 Å². The third-order valence-electron chi connectivity index (χ3n) is 5.47. The van der Waals surface area contributed by atoms with E-state index in [9.17, 15) is 21.6 Å². The van der Waals surface area contributed by atoms with Gasteiger partial charge in [-0.1, -0.05) is 0 Å². The van der Waals surface area contributed by atoms with E-state index in [0.29, 0.717) is 63.6 Å². The number of rotatable bonds is 4.